The van der Waals surface area contributed by atoms with E-state index in [9.17, 15) is 14.4 Å². The Bertz CT molecular complexity index is 1180. The van der Waals surface area contributed by atoms with Crippen LogP contribution in [0.4, 0.5) is 4.79 Å². The van der Waals surface area contributed by atoms with Crippen LogP contribution in [0.3, 0.4) is 0 Å². The summed E-state index contributed by atoms with van der Waals surface area (Å²) in [6, 6.07) is 16.8. The molecule has 1 unspecified atom stereocenters. The van der Waals surface area contributed by atoms with Gasteiger partial charge in [-0.2, -0.15) is 5.10 Å². The molecule has 4 rings (SSSR count). The number of carboxylic acids is 1. The quantitative estimate of drug-likeness (QED) is 0.414. The average Bonchev–Trinajstić information content (AvgIpc) is 3.41. The van der Waals surface area contributed by atoms with Gasteiger partial charge < -0.3 is 20.5 Å². The van der Waals surface area contributed by atoms with Crippen LogP contribution >= 0.6 is 0 Å². The number of carbonyl (C=O) groups excluding carboxylic acids is 2. The van der Waals surface area contributed by atoms with Gasteiger partial charge in [0.15, 0.2) is 0 Å². The van der Waals surface area contributed by atoms with E-state index in [2.05, 4.69) is 15.7 Å². The molecule has 0 aliphatic heterocycles. The Balaban J connectivity index is 1.36. The number of alkyl carbamates (subject to hydrolysis) is 1. The lowest BCUT2D eigenvalue weighted by Gasteiger charge is -2.19. The van der Waals surface area contributed by atoms with Crippen molar-refractivity contribution >= 4 is 18.0 Å². The molecule has 9 nitrogen and oxygen atoms in total. The molecule has 3 aromatic rings. The van der Waals surface area contributed by atoms with Gasteiger partial charge in [-0.1, -0.05) is 48.5 Å². The first-order valence-corrected chi connectivity index (χ1v) is 11.5. The zero-order valence-corrected chi connectivity index (χ0v) is 19.4. The van der Waals surface area contributed by atoms with Gasteiger partial charge in [-0.05, 0) is 34.7 Å². The van der Waals surface area contributed by atoms with Crippen LogP contribution < -0.4 is 10.6 Å². The van der Waals surface area contributed by atoms with Crippen molar-refractivity contribution in [2.75, 3.05) is 13.2 Å². The molecule has 0 radical (unpaired) electrons. The summed E-state index contributed by atoms with van der Waals surface area (Å²) in [4.78, 5) is 36.4. The molecular formula is C26H28N4O5. The van der Waals surface area contributed by atoms with E-state index in [0.717, 1.165) is 27.9 Å². The maximum Gasteiger partial charge on any atom is 0.407 e. The highest BCUT2D eigenvalue weighted by Crippen LogP contribution is 2.44. The number of carbonyl (C=O) groups is 3. The van der Waals surface area contributed by atoms with Gasteiger partial charge in [-0.15, -0.1) is 0 Å². The van der Waals surface area contributed by atoms with Crippen LogP contribution in [-0.2, 0) is 27.8 Å². The number of carboxylic acid groups (broad SMARTS) is 1. The van der Waals surface area contributed by atoms with E-state index < -0.39 is 24.0 Å². The predicted molar refractivity (Wildman–Crippen MR) is 129 cm³/mol. The van der Waals surface area contributed by atoms with Crippen molar-refractivity contribution in [3.8, 4) is 11.1 Å². The second-order valence-electron chi connectivity index (χ2n) is 8.44. The Morgan fingerprint density at radius 1 is 1.06 bits per heavy atom. The van der Waals surface area contributed by atoms with E-state index in [0.29, 0.717) is 13.0 Å². The van der Waals surface area contributed by atoms with Crippen LogP contribution in [0.25, 0.3) is 11.1 Å². The predicted octanol–water partition coefficient (Wildman–Crippen LogP) is 2.85. The Morgan fingerprint density at radius 2 is 1.71 bits per heavy atom. The van der Waals surface area contributed by atoms with Crippen LogP contribution in [0.5, 0.6) is 0 Å². The van der Waals surface area contributed by atoms with Crippen LogP contribution in [0, 0.1) is 0 Å². The second-order valence-corrected chi connectivity index (χ2v) is 8.44. The largest absolute Gasteiger partial charge is 0.481 e. The number of aromatic nitrogens is 2. The number of hydrogen-bond donors (Lipinski definition) is 3. The fourth-order valence-corrected chi connectivity index (χ4v) is 4.40. The number of amides is 2. The smallest absolute Gasteiger partial charge is 0.407 e. The first-order valence-electron chi connectivity index (χ1n) is 11.5. The van der Waals surface area contributed by atoms with Crippen molar-refractivity contribution in [3.05, 3.63) is 77.6 Å². The van der Waals surface area contributed by atoms with Crippen molar-refractivity contribution in [1.82, 2.24) is 20.4 Å². The van der Waals surface area contributed by atoms with Gasteiger partial charge in [0.05, 0.1) is 0 Å². The van der Waals surface area contributed by atoms with Crippen molar-refractivity contribution in [2.24, 2.45) is 7.05 Å². The molecule has 1 atom stereocenters. The number of aliphatic carboxylic acids is 1. The Morgan fingerprint density at radius 3 is 2.31 bits per heavy atom. The molecule has 1 aliphatic carbocycles. The summed E-state index contributed by atoms with van der Waals surface area (Å²) in [5, 5.41) is 18.4. The average molecular weight is 477 g/mol. The molecule has 0 saturated heterocycles. The third-order valence-electron chi connectivity index (χ3n) is 6.20. The molecule has 0 spiro atoms. The molecule has 0 fully saturated rings. The van der Waals surface area contributed by atoms with Crippen molar-refractivity contribution in [2.45, 2.75) is 31.2 Å². The lowest BCUT2D eigenvalue weighted by atomic mass is 9.98. The monoisotopic (exact) mass is 476 g/mol. The minimum Gasteiger partial charge on any atom is -0.481 e. The van der Waals surface area contributed by atoms with Crippen molar-refractivity contribution < 1.29 is 24.2 Å². The summed E-state index contributed by atoms with van der Waals surface area (Å²) in [6.07, 6.45) is 1.16. The Hall–Kier alpha value is -4.14. The first kappa shape index (κ1) is 24.0. The zero-order chi connectivity index (χ0) is 24.8. The number of fused-ring (bicyclic) bond motifs is 3. The molecule has 1 aromatic heterocycles. The van der Waals surface area contributed by atoms with Gasteiger partial charge in [0.2, 0.25) is 5.91 Å². The number of nitrogens with one attached hydrogen (secondary N) is 2. The van der Waals surface area contributed by atoms with Crippen LogP contribution in [0.15, 0.2) is 60.8 Å². The molecule has 9 heteroatoms. The van der Waals surface area contributed by atoms with E-state index in [4.69, 9.17) is 9.84 Å². The minimum atomic E-state index is -1.05. The van der Waals surface area contributed by atoms with E-state index in [1.54, 1.807) is 10.9 Å². The molecule has 0 bridgehead atoms. The third kappa shape index (κ3) is 5.68. The summed E-state index contributed by atoms with van der Waals surface area (Å²) < 4.78 is 7.23. The van der Waals surface area contributed by atoms with Crippen molar-refractivity contribution in [3.63, 3.8) is 0 Å². The zero-order valence-electron chi connectivity index (χ0n) is 19.4. The molecule has 1 aliphatic rings. The summed E-state index contributed by atoms with van der Waals surface area (Å²) in [7, 11) is 1.81. The molecule has 3 N–H and O–H groups in total. The highest BCUT2D eigenvalue weighted by Gasteiger charge is 2.30. The summed E-state index contributed by atoms with van der Waals surface area (Å²) >= 11 is 0. The highest BCUT2D eigenvalue weighted by molar-refractivity contribution is 5.86. The lowest BCUT2D eigenvalue weighted by molar-refractivity contribution is -0.137. The van der Waals surface area contributed by atoms with Gasteiger partial charge in [0.1, 0.15) is 12.6 Å². The molecule has 2 amide bonds. The molecule has 0 saturated carbocycles. The van der Waals surface area contributed by atoms with Gasteiger partial charge in [0, 0.05) is 44.2 Å². The van der Waals surface area contributed by atoms with Crippen LogP contribution in [0.2, 0.25) is 0 Å². The summed E-state index contributed by atoms with van der Waals surface area (Å²) in [6.45, 7) is 0.432. The molecule has 2 aromatic carbocycles. The Kier molecular flexibility index (Phi) is 7.45. The maximum absolute atomic E-state index is 12.7. The minimum absolute atomic E-state index is 0.0446. The number of rotatable bonds is 10. The van der Waals surface area contributed by atoms with Gasteiger partial charge >= 0.3 is 12.1 Å². The summed E-state index contributed by atoms with van der Waals surface area (Å²) in [5.74, 6) is -1.62. The van der Waals surface area contributed by atoms with Gasteiger partial charge in [0.25, 0.3) is 0 Å². The fraction of sp³-hybridized carbons (Fsp3) is 0.308. The SMILES string of the molecule is Cn1nccc1CCNC(=O)C(CCC(=O)O)NC(=O)OCC1c2ccccc2-c2ccccc21. The normalized spacial score (nSPS) is 12.9. The molecule has 1 heterocycles. The first-order chi connectivity index (χ1) is 16.9. The topological polar surface area (TPSA) is 123 Å². The number of benzene rings is 2. The third-order valence-corrected chi connectivity index (χ3v) is 6.20. The number of ether oxygens (including phenoxy) is 1. The number of nitrogens with zero attached hydrogens (tertiary/aromatic N) is 2. The van der Waals surface area contributed by atoms with Gasteiger partial charge in [-0.3, -0.25) is 14.3 Å². The van der Waals surface area contributed by atoms with E-state index in [1.807, 2.05) is 61.6 Å². The standard InChI is InChI=1S/C26H28N4O5/c1-30-17(13-15-28-30)12-14-27-25(33)23(10-11-24(31)32)29-26(34)35-16-22-20-8-4-2-6-18(20)19-7-3-5-9-21(19)22/h2-9,13,15,22-23H,10-12,14,16H2,1H3,(H,27,33)(H,29,34)(H,31,32). The molecular weight excluding hydrogens is 448 g/mol. The van der Waals surface area contributed by atoms with E-state index in [1.165, 1.54) is 0 Å². The maximum atomic E-state index is 12.7. The van der Waals surface area contributed by atoms with E-state index in [-0.39, 0.29) is 25.4 Å². The Labute approximate surface area is 203 Å². The fourth-order valence-electron chi connectivity index (χ4n) is 4.40. The second kappa shape index (κ2) is 10.9. The van der Waals surface area contributed by atoms with Gasteiger partial charge in [-0.25, -0.2) is 4.79 Å². The van der Waals surface area contributed by atoms with Crippen LogP contribution in [-0.4, -0.2) is 52.1 Å². The number of aryl methyl sites for hydroxylation is 1. The molecule has 182 valence electrons. The summed E-state index contributed by atoms with van der Waals surface area (Å²) in [5.41, 5.74) is 5.33. The lowest BCUT2D eigenvalue weighted by Crippen LogP contribution is -2.47. The van der Waals surface area contributed by atoms with Crippen molar-refractivity contribution in [1.29, 1.82) is 0 Å². The number of hydrogen-bond acceptors (Lipinski definition) is 5. The highest BCUT2D eigenvalue weighted by atomic mass is 16.5. The van der Waals surface area contributed by atoms with Crippen LogP contribution in [0.1, 0.15) is 35.6 Å². The van der Waals surface area contributed by atoms with E-state index >= 15 is 0 Å². The molecule has 35 heavy (non-hydrogen) atoms.